The molecule has 1 heterocycles. The van der Waals surface area contributed by atoms with Crippen LogP contribution in [0, 0.1) is 12.7 Å². The van der Waals surface area contributed by atoms with Crippen LogP contribution in [0.3, 0.4) is 0 Å². The second-order valence-electron chi connectivity index (χ2n) is 4.18. The molecule has 0 amide bonds. The second kappa shape index (κ2) is 4.62. The van der Waals surface area contributed by atoms with Crippen LogP contribution in [0.2, 0.25) is 0 Å². The van der Waals surface area contributed by atoms with Crippen LogP contribution in [0.4, 0.5) is 4.39 Å². The van der Waals surface area contributed by atoms with E-state index in [9.17, 15) is 4.39 Å². The lowest BCUT2D eigenvalue weighted by Gasteiger charge is -2.11. The molecule has 0 bridgehead atoms. The predicted octanol–water partition coefficient (Wildman–Crippen LogP) is 3.19. The van der Waals surface area contributed by atoms with Crippen LogP contribution in [-0.2, 0) is 6.42 Å². The Labute approximate surface area is 98.2 Å². The lowest BCUT2D eigenvalue weighted by molar-refractivity contribution is 0.589. The van der Waals surface area contributed by atoms with E-state index in [-0.39, 0.29) is 5.82 Å². The zero-order chi connectivity index (χ0) is 10.8. The van der Waals surface area contributed by atoms with Crippen LogP contribution in [0.25, 0.3) is 0 Å². The van der Waals surface area contributed by atoms with Crippen LogP contribution in [0.15, 0.2) is 16.6 Å². The smallest absolute Gasteiger partial charge is 0.127 e. The molecule has 1 aliphatic rings. The maximum atomic E-state index is 13.5. The third-order valence-electron chi connectivity index (χ3n) is 2.99. The van der Waals surface area contributed by atoms with E-state index in [0.29, 0.717) is 11.6 Å². The van der Waals surface area contributed by atoms with Gasteiger partial charge in [-0.25, -0.2) is 4.39 Å². The van der Waals surface area contributed by atoms with Crippen LogP contribution < -0.4 is 5.32 Å². The fourth-order valence-electron chi connectivity index (χ4n) is 2.03. The van der Waals surface area contributed by atoms with E-state index in [2.05, 4.69) is 21.2 Å². The van der Waals surface area contributed by atoms with Gasteiger partial charge in [0.25, 0.3) is 0 Å². The van der Waals surface area contributed by atoms with Crippen LogP contribution in [0.5, 0.6) is 0 Å². The van der Waals surface area contributed by atoms with Crippen molar-refractivity contribution in [1.29, 1.82) is 0 Å². The van der Waals surface area contributed by atoms with Crippen molar-refractivity contribution in [1.82, 2.24) is 5.32 Å². The van der Waals surface area contributed by atoms with E-state index in [1.165, 1.54) is 12.8 Å². The van der Waals surface area contributed by atoms with Crippen molar-refractivity contribution in [2.45, 2.75) is 32.2 Å². The molecular weight excluding hydrogens is 257 g/mol. The van der Waals surface area contributed by atoms with Crippen molar-refractivity contribution < 1.29 is 4.39 Å². The Hall–Kier alpha value is -0.410. The Morgan fingerprint density at radius 2 is 2.33 bits per heavy atom. The second-order valence-corrected chi connectivity index (χ2v) is 5.04. The minimum absolute atomic E-state index is 0.114. The molecule has 3 heteroatoms. The first-order valence-electron chi connectivity index (χ1n) is 5.34. The van der Waals surface area contributed by atoms with Crippen LogP contribution in [0.1, 0.15) is 24.0 Å². The van der Waals surface area contributed by atoms with Gasteiger partial charge in [0.05, 0.1) is 0 Å². The average Bonchev–Trinajstić information content (AvgIpc) is 2.66. The SMILES string of the molecule is Cc1c(F)cc(CC2CCCN2)cc1Br. The summed E-state index contributed by atoms with van der Waals surface area (Å²) in [4.78, 5) is 0. The van der Waals surface area contributed by atoms with E-state index >= 15 is 0 Å². The van der Waals surface area contributed by atoms with Gasteiger partial charge in [0, 0.05) is 10.5 Å². The molecule has 1 aliphatic heterocycles. The summed E-state index contributed by atoms with van der Waals surface area (Å²) in [5, 5.41) is 3.42. The monoisotopic (exact) mass is 271 g/mol. The molecule has 0 spiro atoms. The van der Waals surface area contributed by atoms with E-state index in [4.69, 9.17) is 0 Å². The predicted molar refractivity (Wildman–Crippen MR) is 63.6 cm³/mol. The molecule has 1 fully saturated rings. The third-order valence-corrected chi connectivity index (χ3v) is 3.81. The van der Waals surface area contributed by atoms with Gasteiger partial charge in [0.15, 0.2) is 0 Å². The molecule has 15 heavy (non-hydrogen) atoms. The van der Waals surface area contributed by atoms with Gasteiger partial charge in [-0.3, -0.25) is 0 Å². The Bertz CT molecular complexity index is 336. The zero-order valence-electron chi connectivity index (χ0n) is 8.82. The maximum absolute atomic E-state index is 13.5. The van der Waals surface area contributed by atoms with Gasteiger partial charge in [0.1, 0.15) is 5.82 Å². The number of hydrogen-bond donors (Lipinski definition) is 1. The van der Waals surface area contributed by atoms with Crippen molar-refractivity contribution in [3.8, 4) is 0 Å². The van der Waals surface area contributed by atoms with Gasteiger partial charge in [-0.05, 0) is 56.0 Å². The lowest BCUT2D eigenvalue weighted by atomic mass is 10.0. The summed E-state index contributed by atoms with van der Waals surface area (Å²) >= 11 is 3.39. The molecule has 82 valence electrons. The Morgan fingerprint density at radius 1 is 1.53 bits per heavy atom. The van der Waals surface area contributed by atoms with Gasteiger partial charge in [0.2, 0.25) is 0 Å². The van der Waals surface area contributed by atoms with Gasteiger partial charge in [-0.2, -0.15) is 0 Å². The Morgan fingerprint density at radius 3 is 2.93 bits per heavy atom. The Balaban J connectivity index is 2.14. The highest BCUT2D eigenvalue weighted by atomic mass is 79.9. The quantitative estimate of drug-likeness (QED) is 0.871. The average molecular weight is 272 g/mol. The summed E-state index contributed by atoms with van der Waals surface area (Å²) in [6, 6.07) is 4.21. The minimum atomic E-state index is -0.114. The summed E-state index contributed by atoms with van der Waals surface area (Å²) in [5.74, 6) is -0.114. The summed E-state index contributed by atoms with van der Waals surface area (Å²) in [6.45, 7) is 2.89. The molecule has 0 saturated carbocycles. The first kappa shape index (κ1) is 11.1. The third kappa shape index (κ3) is 2.58. The molecule has 1 atom stereocenters. The molecule has 0 radical (unpaired) electrons. The highest BCUT2D eigenvalue weighted by Gasteiger charge is 2.15. The van der Waals surface area contributed by atoms with Crippen molar-refractivity contribution in [3.63, 3.8) is 0 Å². The van der Waals surface area contributed by atoms with Gasteiger partial charge >= 0.3 is 0 Å². The fourth-order valence-corrected chi connectivity index (χ4v) is 2.51. The topological polar surface area (TPSA) is 12.0 Å². The number of hydrogen-bond acceptors (Lipinski definition) is 1. The molecule has 1 aromatic carbocycles. The maximum Gasteiger partial charge on any atom is 0.127 e. The van der Waals surface area contributed by atoms with Gasteiger partial charge < -0.3 is 5.32 Å². The lowest BCUT2D eigenvalue weighted by Crippen LogP contribution is -2.23. The molecule has 2 rings (SSSR count). The summed E-state index contributed by atoms with van der Waals surface area (Å²) in [6.07, 6.45) is 3.36. The van der Waals surface area contributed by atoms with E-state index in [0.717, 1.165) is 23.0 Å². The normalized spacial score (nSPS) is 20.9. The van der Waals surface area contributed by atoms with Crippen molar-refractivity contribution in [3.05, 3.63) is 33.5 Å². The molecule has 0 aromatic heterocycles. The first-order valence-corrected chi connectivity index (χ1v) is 6.14. The van der Waals surface area contributed by atoms with E-state index < -0.39 is 0 Å². The molecule has 1 nitrogen and oxygen atoms in total. The fraction of sp³-hybridized carbons (Fsp3) is 0.500. The number of nitrogens with one attached hydrogen (secondary N) is 1. The van der Waals surface area contributed by atoms with E-state index in [1.54, 1.807) is 13.0 Å². The molecule has 1 aromatic rings. The van der Waals surface area contributed by atoms with E-state index in [1.807, 2.05) is 6.07 Å². The summed E-state index contributed by atoms with van der Waals surface area (Å²) in [5.41, 5.74) is 1.77. The zero-order valence-corrected chi connectivity index (χ0v) is 10.4. The van der Waals surface area contributed by atoms with Crippen molar-refractivity contribution >= 4 is 15.9 Å². The van der Waals surface area contributed by atoms with Crippen LogP contribution in [-0.4, -0.2) is 12.6 Å². The van der Waals surface area contributed by atoms with Crippen LogP contribution >= 0.6 is 15.9 Å². The highest BCUT2D eigenvalue weighted by Crippen LogP contribution is 2.23. The first-order chi connectivity index (χ1) is 7.16. The standard InChI is InChI=1S/C12H15BrFN/c1-8-11(13)6-9(7-12(8)14)5-10-3-2-4-15-10/h6-7,10,15H,2-5H2,1H3. The molecule has 0 aliphatic carbocycles. The minimum Gasteiger partial charge on any atom is -0.314 e. The summed E-state index contributed by atoms with van der Waals surface area (Å²) in [7, 11) is 0. The van der Waals surface area contributed by atoms with Crippen molar-refractivity contribution in [2.75, 3.05) is 6.54 Å². The molecular formula is C12H15BrFN. The van der Waals surface area contributed by atoms with Gasteiger partial charge in [-0.15, -0.1) is 0 Å². The molecule has 1 saturated heterocycles. The Kier molecular flexibility index (Phi) is 3.42. The largest absolute Gasteiger partial charge is 0.314 e. The number of benzene rings is 1. The molecule has 1 unspecified atom stereocenters. The number of halogens is 2. The van der Waals surface area contributed by atoms with Gasteiger partial charge in [-0.1, -0.05) is 15.9 Å². The highest BCUT2D eigenvalue weighted by molar-refractivity contribution is 9.10. The molecule has 1 N–H and O–H groups in total. The number of rotatable bonds is 2. The van der Waals surface area contributed by atoms with Crippen molar-refractivity contribution in [2.24, 2.45) is 0 Å². The summed E-state index contributed by atoms with van der Waals surface area (Å²) < 4.78 is 14.3.